The zero-order chi connectivity index (χ0) is 13.5. The Labute approximate surface area is 108 Å². The zero-order valence-corrected chi connectivity index (χ0v) is 11.8. The highest BCUT2D eigenvalue weighted by Crippen LogP contribution is 2.35. The summed E-state index contributed by atoms with van der Waals surface area (Å²) in [6.45, 7) is 7.31. The third-order valence-electron chi connectivity index (χ3n) is 3.75. The van der Waals surface area contributed by atoms with Crippen molar-refractivity contribution in [1.82, 2.24) is 9.88 Å². The highest BCUT2D eigenvalue weighted by atomic mass is 19.1. The second-order valence-electron chi connectivity index (χ2n) is 5.57. The van der Waals surface area contributed by atoms with Crippen molar-refractivity contribution >= 4 is 10.9 Å². The molecule has 2 rings (SSSR count). The molecule has 3 heteroatoms. The van der Waals surface area contributed by atoms with Gasteiger partial charge in [-0.3, -0.25) is 0 Å². The van der Waals surface area contributed by atoms with E-state index >= 15 is 0 Å². The van der Waals surface area contributed by atoms with Gasteiger partial charge in [0.2, 0.25) is 0 Å². The summed E-state index contributed by atoms with van der Waals surface area (Å²) in [5.41, 5.74) is 3.05. The molecule has 0 unspecified atom stereocenters. The molecule has 0 aliphatic rings. The SMILES string of the molecule is CNCC(C)(C)c1c(C)n(C)c2c(F)cccc12. The highest BCUT2D eigenvalue weighted by Gasteiger charge is 2.27. The van der Waals surface area contributed by atoms with E-state index in [0.717, 1.165) is 17.6 Å². The number of nitrogens with zero attached hydrogens (tertiary/aromatic N) is 1. The van der Waals surface area contributed by atoms with Crippen LogP contribution in [0.2, 0.25) is 0 Å². The zero-order valence-electron chi connectivity index (χ0n) is 11.8. The van der Waals surface area contributed by atoms with Gasteiger partial charge in [0, 0.05) is 30.1 Å². The van der Waals surface area contributed by atoms with Crippen molar-refractivity contribution < 1.29 is 4.39 Å². The average Bonchev–Trinajstić information content (AvgIpc) is 2.53. The summed E-state index contributed by atoms with van der Waals surface area (Å²) in [6, 6.07) is 5.32. The Morgan fingerprint density at radius 3 is 2.61 bits per heavy atom. The standard InChI is InChI=1S/C15H21FN2/c1-10-13(15(2,3)9-17-4)11-7-6-8-12(16)14(11)18(10)5/h6-8,17H,9H2,1-5H3. The van der Waals surface area contributed by atoms with E-state index in [0.29, 0.717) is 5.52 Å². The first kappa shape index (κ1) is 13.1. The largest absolute Gasteiger partial charge is 0.345 e. The van der Waals surface area contributed by atoms with Crippen LogP contribution in [0.4, 0.5) is 4.39 Å². The molecule has 0 fully saturated rings. The predicted octanol–water partition coefficient (Wildman–Crippen LogP) is 3.12. The number of aryl methyl sites for hydroxylation is 1. The van der Waals surface area contributed by atoms with Gasteiger partial charge >= 0.3 is 0 Å². The van der Waals surface area contributed by atoms with E-state index < -0.39 is 0 Å². The first-order valence-electron chi connectivity index (χ1n) is 6.28. The van der Waals surface area contributed by atoms with Gasteiger partial charge in [-0.2, -0.15) is 0 Å². The molecule has 0 radical (unpaired) electrons. The van der Waals surface area contributed by atoms with Gasteiger partial charge in [0.05, 0.1) is 5.52 Å². The van der Waals surface area contributed by atoms with Crippen LogP contribution >= 0.6 is 0 Å². The fourth-order valence-electron chi connectivity index (χ4n) is 2.97. The van der Waals surface area contributed by atoms with Crippen LogP contribution in [-0.2, 0) is 12.5 Å². The van der Waals surface area contributed by atoms with Crippen molar-refractivity contribution in [3.63, 3.8) is 0 Å². The predicted molar refractivity (Wildman–Crippen MR) is 74.6 cm³/mol. The number of benzene rings is 1. The molecule has 2 aromatic rings. The first-order chi connectivity index (χ1) is 8.40. The number of hydrogen-bond acceptors (Lipinski definition) is 1. The minimum atomic E-state index is -0.149. The Hall–Kier alpha value is -1.35. The minimum absolute atomic E-state index is 0.0217. The monoisotopic (exact) mass is 248 g/mol. The first-order valence-corrected chi connectivity index (χ1v) is 6.28. The lowest BCUT2D eigenvalue weighted by Gasteiger charge is -2.25. The molecule has 2 nitrogen and oxygen atoms in total. The van der Waals surface area contributed by atoms with E-state index in [1.807, 2.05) is 24.7 Å². The van der Waals surface area contributed by atoms with Crippen LogP contribution in [0.5, 0.6) is 0 Å². The van der Waals surface area contributed by atoms with Crippen LogP contribution in [0.25, 0.3) is 10.9 Å². The molecule has 1 aromatic carbocycles. The maximum absolute atomic E-state index is 14.0. The Bertz CT molecular complexity index is 582. The maximum atomic E-state index is 14.0. The summed E-state index contributed by atoms with van der Waals surface area (Å²) >= 11 is 0. The summed E-state index contributed by atoms with van der Waals surface area (Å²) < 4.78 is 15.9. The Morgan fingerprint density at radius 2 is 2.00 bits per heavy atom. The molecule has 98 valence electrons. The number of rotatable bonds is 3. The quantitative estimate of drug-likeness (QED) is 0.883. The van der Waals surface area contributed by atoms with Crippen molar-refractivity contribution in [2.75, 3.05) is 13.6 Å². The summed E-state index contributed by atoms with van der Waals surface area (Å²) in [7, 11) is 3.88. The molecule has 0 saturated carbocycles. The van der Waals surface area contributed by atoms with Crippen LogP contribution in [0.1, 0.15) is 25.1 Å². The van der Waals surface area contributed by atoms with Gasteiger partial charge < -0.3 is 9.88 Å². The Morgan fingerprint density at radius 1 is 1.33 bits per heavy atom. The van der Waals surface area contributed by atoms with Gasteiger partial charge in [-0.15, -0.1) is 0 Å². The fraction of sp³-hybridized carbons (Fsp3) is 0.467. The smallest absolute Gasteiger partial charge is 0.147 e. The van der Waals surface area contributed by atoms with Crippen LogP contribution in [0, 0.1) is 12.7 Å². The Balaban J connectivity index is 2.80. The van der Waals surface area contributed by atoms with Crippen molar-refractivity contribution in [3.05, 3.63) is 35.3 Å². The van der Waals surface area contributed by atoms with Crippen molar-refractivity contribution in [2.24, 2.45) is 7.05 Å². The average molecular weight is 248 g/mol. The summed E-state index contributed by atoms with van der Waals surface area (Å²) in [4.78, 5) is 0. The third kappa shape index (κ3) is 1.83. The maximum Gasteiger partial charge on any atom is 0.147 e. The summed E-state index contributed by atoms with van der Waals surface area (Å²) in [5, 5.41) is 4.24. The molecule has 1 aromatic heterocycles. The normalized spacial score (nSPS) is 12.3. The molecule has 18 heavy (non-hydrogen) atoms. The number of hydrogen-bond donors (Lipinski definition) is 1. The van der Waals surface area contributed by atoms with E-state index in [1.54, 1.807) is 6.07 Å². The second-order valence-corrected chi connectivity index (χ2v) is 5.57. The number of nitrogens with one attached hydrogen (secondary N) is 1. The fourth-order valence-corrected chi connectivity index (χ4v) is 2.97. The van der Waals surface area contributed by atoms with Crippen molar-refractivity contribution in [1.29, 1.82) is 0 Å². The molecular weight excluding hydrogens is 227 g/mol. The van der Waals surface area contributed by atoms with Crippen LogP contribution in [0.15, 0.2) is 18.2 Å². The van der Waals surface area contributed by atoms with Gasteiger partial charge in [0.15, 0.2) is 0 Å². The van der Waals surface area contributed by atoms with Crippen LogP contribution in [-0.4, -0.2) is 18.2 Å². The lowest BCUT2D eigenvalue weighted by atomic mass is 9.82. The number of halogens is 1. The molecule has 1 heterocycles. The number of aromatic nitrogens is 1. The van der Waals surface area contributed by atoms with E-state index in [2.05, 4.69) is 26.1 Å². The van der Waals surface area contributed by atoms with Crippen LogP contribution in [0.3, 0.4) is 0 Å². The lowest BCUT2D eigenvalue weighted by molar-refractivity contribution is 0.493. The third-order valence-corrected chi connectivity index (χ3v) is 3.75. The van der Waals surface area contributed by atoms with Gasteiger partial charge in [-0.1, -0.05) is 26.0 Å². The minimum Gasteiger partial charge on any atom is -0.345 e. The number of fused-ring (bicyclic) bond motifs is 1. The molecule has 0 spiro atoms. The lowest BCUT2D eigenvalue weighted by Crippen LogP contribution is -2.31. The molecule has 0 aliphatic carbocycles. The molecule has 1 N–H and O–H groups in total. The van der Waals surface area contributed by atoms with Crippen molar-refractivity contribution in [3.8, 4) is 0 Å². The highest BCUT2D eigenvalue weighted by molar-refractivity contribution is 5.87. The van der Waals surface area contributed by atoms with Crippen LogP contribution < -0.4 is 5.32 Å². The second kappa shape index (κ2) is 4.39. The number of likely N-dealkylation sites (N-methyl/N-ethyl adjacent to an activating group) is 1. The van der Waals surface area contributed by atoms with Gasteiger partial charge in [0.1, 0.15) is 5.82 Å². The van der Waals surface area contributed by atoms with E-state index in [9.17, 15) is 4.39 Å². The Kier molecular flexibility index (Phi) is 3.20. The van der Waals surface area contributed by atoms with Crippen molar-refractivity contribution in [2.45, 2.75) is 26.2 Å². The summed E-state index contributed by atoms with van der Waals surface area (Å²) in [5.74, 6) is -0.149. The van der Waals surface area contributed by atoms with Gasteiger partial charge in [0.25, 0.3) is 0 Å². The molecule has 0 amide bonds. The van der Waals surface area contributed by atoms with Gasteiger partial charge in [-0.25, -0.2) is 4.39 Å². The van der Waals surface area contributed by atoms with E-state index in [-0.39, 0.29) is 11.2 Å². The molecule has 0 aliphatic heterocycles. The van der Waals surface area contributed by atoms with Gasteiger partial charge in [-0.05, 0) is 25.6 Å². The molecular formula is C15H21FN2. The van der Waals surface area contributed by atoms with E-state index in [1.165, 1.54) is 11.6 Å². The summed E-state index contributed by atoms with van der Waals surface area (Å²) in [6.07, 6.45) is 0. The van der Waals surface area contributed by atoms with E-state index in [4.69, 9.17) is 0 Å². The molecule has 0 saturated heterocycles. The topological polar surface area (TPSA) is 17.0 Å². The number of para-hydroxylation sites is 1. The molecule has 0 atom stereocenters. The molecule has 0 bridgehead atoms.